The van der Waals surface area contributed by atoms with Gasteiger partial charge < -0.3 is 14.9 Å². The Hall–Kier alpha value is -4.34. The molecule has 0 unspecified atom stereocenters. The van der Waals surface area contributed by atoms with Crippen molar-refractivity contribution in [3.05, 3.63) is 77.9 Å². The largest absolute Gasteiger partial charge is 0.507 e. The Labute approximate surface area is 185 Å². The van der Waals surface area contributed by atoms with E-state index in [2.05, 4.69) is 10.1 Å². The summed E-state index contributed by atoms with van der Waals surface area (Å²) in [5.74, 6) is -1.22. The van der Waals surface area contributed by atoms with Gasteiger partial charge in [-0.1, -0.05) is 12.1 Å². The van der Waals surface area contributed by atoms with Crippen LogP contribution in [0.1, 0.15) is 15.9 Å². The SMILES string of the molecule is COc1ccc(C(=O)n2nc(-c3ccc(C(F)(F)F)cc3O)nc2-c2ccccc2O)cc1. The van der Waals surface area contributed by atoms with E-state index in [-0.39, 0.29) is 34.1 Å². The molecule has 168 valence electrons. The third-order valence-electron chi connectivity index (χ3n) is 4.85. The molecule has 0 fully saturated rings. The van der Waals surface area contributed by atoms with Crippen molar-refractivity contribution in [2.45, 2.75) is 6.18 Å². The number of aromatic nitrogens is 3. The van der Waals surface area contributed by atoms with Gasteiger partial charge in [0.1, 0.15) is 17.2 Å². The van der Waals surface area contributed by atoms with Gasteiger partial charge >= 0.3 is 6.18 Å². The second-order valence-electron chi connectivity index (χ2n) is 6.95. The van der Waals surface area contributed by atoms with Crippen LogP contribution in [-0.2, 0) is 6.18 Å². The van der Waals surface area contributed by atoms with Crippen LogP contribution < -0.4 is 4.74 Å². The number of aromatic hydroxyl groups is 2. The number of benzene rings is 3. The van der Waals surface area contributed by atoms with Gasteiger partial charge in [-0.05, 0) is 54.6 Å². The highest BCUT2D eigenvalue weighted by Gasteiger charge is 2.32. The second kappa shape index (κ2) is 8.30. The van der Waals surface area contributed by atoms with Gasteiger partial charge in [-0.2, -0.15) is 17.9 Å². The van der Waals surface area contributed by atoms with E-state index in [1.54, 1.807) is 24.3 Å². The number of halogens is 3. The van der Waals surface area contributed by atoms with E-state index in [0.717, 1.165) is 16.8 Å². The molecule has 0 saturated carbocycles. The molecule has 7 nitrogen and oxygen atoms in total. The van der Waals surface area contributed by atoms with Crippen molar-refractivity contribution in [3.63, 3.8) is 0 Å². The highest BCUT2D eigenvalue weighted by atomic mass is 19.4. The number of carbonyl (C=O) groups is 1. The Kier molecular flexibility index (Phi) is 5.50. The van der Waals surface area contributed by atoms with Crippen molar-refractivity contribution in [3.8, 4) is 40.0 Å². The van der Waals surface area contributed by atoms with E-state index in [1.807, 2.05) is 0 Å². The number of phenols is 2. The zero-order valence-electron chi connectivity index (χ0n) is 17.0. The maximum absolute atomic E-state index is 13.2. The molecule has 0 aliphatic rings. The first-order valence-corrected chi connectivity index (χ1v) is 9.54. The normalized spacial score (nSPS) is 11.4. The lowest BCUT2D eigenvalue weighted by Gasteiger charge is -2.08. The highest BCUT2D eigenvalue weighted by molar-refractivity contribution is 5.98. The fourth-order valence-corrected chi connectivity index (χ4v) is 3.16. The molecule has 0 radical (unpaired) electrons. The van der Waals surface area contributed by atoms with E-state index in [0.29, 0.717) is 11.8 Å². The zero-order chi connectivity index (χ0) is 23.8. The summed E-state index contributed by atoms with van der Waals surface area (Å²) in [5, 5.41) is 24.6. The molecule has 0 spiro atoms. The van der Waals surface area contributed by atoms with Gasteiger partial charge in [0, 0.05) is 5.56 Å². The average Bonchev–Trinajstić information content (AvgIpc) is 3.23. The molecular formula is C23H16F3N3O4. The van der Waals surface area contributed by atoms with Gasteiger partial charge in [-0.3, -0.25) is 4.79 Å². The van der Waals surface area contributed by atoms with Gasteiger partial charge in [-0.15, -0.1) is 5.10 Å². The van der Waals surface area contributed by atoms with Crippen LogP contribution in [0.3, 0.4) is 0 Å². The van der Waals surface area contributed by atoms with E-state index in [4.69, 9.17) is 4.74 Å². The first kappa shape index (κ1) is 21.9. The quantitative estimate of drug-likeness (QED) is 0.461. The molecule has 3 aromatic carbocycles. The number of ether oxygens (including phenoxy) is 1. The number of para-hydroxylation sites is 1. The minimum absolute atomic E-state index is 0.0526. The molecular weight excluding hydrogens is 439 g/mol. The Morgan fingerprint density at radius 1 is 0.939 bits per heavy atom. The summed E-state index contributed by atoms with van der Waals surface area (Å²) < 4.78 is 44.9. The number of nitrogens with zero attached hydrogens (tertiary/aromatic N) is 3. The Balaban J connectivity index is 1.86. The molecule has 2 N–H and O–H groups in total. The minimum Gasteiger partial charge on any atom is -0.507 e. The van der Waals surface area contributed by atoms with Crippen LogP contribution in [0.15, 0.2) is 66.7 Å². The van der Waals surface area contributed by atoms with Gasteiger partial charge in [0.2, 0.25) is 0 Å². The predicted molar refractivity (Wildman–Crippen MR) is 112 cm³/mol. The predicted octanol–water partition coefficient (Wildman–Crippen LogP) is 4.74. The summed E-state index contributed by atoms with van der Waals surface area (Å²) in [6.07, 6.45) is -4.64. The molecule has 0 atom stereocenters. The lowest BCUT2D eigenvalue weighted by Crippen LogP contribution is -2.15. The first-order valence-electron chi connectivity index (χ1n) is 9.54. The molecule has 10 heteroatoms. The van der Waals surface area contributed by atoms with Crippen LogP contribution in [-0.4, -0.2) is 38.0 Å². The first-order chi connectivity index (χ1) is 15.7. The van der Waals surface area contributed by atoms with Crippen molar-refractivity contribution < 1.29 is 32.9 Å². The zero-order valence-corrected chi connectivity index (χ0v) is 17.0. The summed E-state index contributed by atoms with van der Waals surface area (Å²) in [7, 11) is 1.48. The van der Waals surface area contributed by atoms with E-state index in [1.165, 1.54) is 31.4 Å². The third-order valence-corrected chi connectivity index (χ3v) is 4.85. The molecule has 1 heterocycles. The molecule has 33 heavy (non-hydrogen) atoms. The van der Waals surface area contributed by atoms with Gasteiger partial charge in [0.05, 0.1) is 23.8 Å². The number of hydrogen-bond acceptors (Lipinski definition) is 6. The summed E-state index contributed by atoms with van der Waals surface area (Å²) in [6.45, 7) is 0. The maximum Gasteiger partial charge on any atom is 0.416 e. The molecule has 0 saturated heterocycles. The molecule has 4 rings (SSSR count). The number of hydrogen-bond donors (Lipinski definition) is 2. The summed E-state index contributed by atoms with van der Waals surface area (Å²) in [5.41, 5.74) is -0.760. The smallest absolute Gasteiger partial charge is 0.416 e. The number of rotatable bonds is 4. The number of phenolic OH excluding ortho intramolecular Hbond substituents is 2. The van der Waals surface area contributed by atoms with Crippen molar-refractivity contribution in [2.24, 2.45) is 0 Å². The van der Waals surface area contributed by atoms with Crippen molar-refractivity contribution in [1.29, 1.82) is 0 Å². The van der Waals surface area contributed by atoms with Crippen LogP contribution in [0.2, 0.25) is 0 Å². The number of alkyl halides is 3. The Morgan fingerprint density at radius 3 is 2.24 bits per heavy atom. The monoisotopic (exact) mass is 455 g/mol. The maximum atomic E-state index is 13.2. The second-order valence-corrected chi connectivity index (χ2v) is 6.95. The minimum atomic E-state index is -4.64. The number of methoxy groups -OCH3 is 1. The third kappa shape index (κ3) is 4.22. The molecule has 1 aromatic heterocycles. The van der Waals surface area contributed by atoms with E-state index >= 15 is 0 Å². The van der Waals surface area contributed by atoms with Gasteiger partial charge in [0.15, 0.2) is 11.6 Å². The van der Waals surface area contributed by atoms with Gasteiger partial charge in [0.25, 0.3) is 5.91 Å². The van der Waals surface area contributed by atoms with Gasteiger partial charge in [-0.25, -0.2) is 4.98 Å². The lowest BCUT2D eigenvalue weighted by molar-refractivity contribution is -0.137. The summed E-state index contributed by atoms with van der Waals surface area (Å²) in [4.78, 5) is 17.4. The van der Waals surface area contributed by atoms with Crippen LogP contribution >= 0.6 is 0 Å². The fraction of sp³-hybridized carbons (Fsp3) is 0.0870. The van der Waals surface area contributed by atoms with Crippen molar-refractivity contribution in [2.75, 3.05) is 7.11 Å². The Bertz CT molecular complexity index is 1330. The molecule has 0 aliphatic heterocycles. The van der Waals surface area contributed by atoms with Crippen molar-refractivity contribution >= 4 is 5.91 Å². The Morgan fingerprint density at radius 2 is 1.64 bits per heavy atom. The highest BCUT2D eigenvalue weighted by Crippen LogP contribution is 2.37. The van der Waals surface area contributed by atoms with Crippen LogP contribution in [0.4, 0.5) is 13.2 Å². The van der Waals surface area contributed by atoms with Crippen molar-refractivity contribution in [1.82, 2.24) is 14.8 Å². The molecule has 0 amide bonds. The molecule has 0 bridgehead atoms. The summed E-state index contributed by atoms with van der Waals surface area (Å²) >= 11 is 0. The molecule has 4 aromatic rings. The average molecular weight is 455 g/mol. The van der Waals surface area contributed by atoms with Crippen LogP contribution in [0, 0.1) is 0 Å². The standard InChI is InChI=1S/C23H16F3N3O4/c1-33-15-9-6-13(7-10-15)22(32)29-21(17-4-2-3-5-18(17)30)27-20(28-29)16-11-8-14(12-19(16)31)23(24,25)26/h2-12,30-31H,1H3. The molecule has 0 aliphatic carbocycles. The topological polar surface area (TPSA) is 97.5 Å². The summed E-state index contributed by atoms with van der Waals surface area (Å²) in [6, 6.07) is 14.6. The van der Waals surface area contributed by atoms with Crippen LogP contribution in [0.5, 0.6) is 17.2 Å². The number of carbonyl (C=O) groups excluding carboxylic acids is 1. The van der Waals surface area contributed by atoms with E-state index < -0.39 is 23.4 Å². The fourth-order valence-electron chi connectivity index (χ4n) is 3.16. The van der Waals surface area contributed by atoms with Crippen LogP contribution in [0.25, 0.3) is 22.8 Å². The van der Waals surface area contributed by atoms with E-state index in [9.17, 15) is 28.2 Å². The lowest BCUT2D eigenvalue weighted by atomic mass is 10.1.